The molecule has 0 bridgehead atoms. The molecule has 1 aliphatic heterocycles. The molecule has 0 amide bonds. The van der Waals surface area contributed by atoms with E-state index in [2.05, 4.69) is 20.9 Å². The molecular formula is C35H33BrN2O9S. The second-order valence-corrected chi connectivity index (χ2v) is 12.2. The number of methoxy groups -OCH3 is 1. The van der Waals surface area contributed by atoms with Gasteiger partial charge in [0.15, 0.2) is 27.8 Å². The van der Waals surface area contributed by atoms with Gasteiger partial charge < -0.3 is 28.8 Å². The zero-order chi connectivity index (χ0) is 34.4. The van der Waals surface area contributed by atoms with Gasteiger partial charge in [-0.1, -0.05) is 29.5 Å². The maximum absolute atomic E-state index is 14.1. The Labute approximate surface area is 288 Å². The third-order valence-corrected chi connectivity index (χ3v) is 8.81. The second kappa shape index (κ2) is 15.3. The first-order valence-corrected chi connectivity index (χ1v) is 16.7. The molecule has 0 spiro atoms. The minimum atomic E-state index is -1.00. The first kappa shape index (κ1) is 34.5. The molecule has 1 aromatic heterocycles. The van der Waals surface area contributed by atoms with Crippen molar-refractivity contribution in [3.63, 3.8) is 0 Å². The highest BCUT2D eigenvalue weighted by molar-refractivity contribution is 9.10. The Hall–Kier alpha value is -4.88. The largest absolute Gasteiger partial charge is 0.490 e. The number of hydrogen-bond donors (Lipinski definition) is 1. The van der Waals surface area contributed by atoms with E-state index in [1.807, 2.05) is 26.8 Å². The van der Waals surface area contributed by atoms with Crippen molar-refractivity contribution in [2.24, 2.45) is 4.99 Å². The summed E-state index contributed by atoms with van der Waals surface area (Å²) in [6, 6.07) is 14.5. The standard InChI is InChI=1S/C35H33BrN2O9S/c1-5-44-26-13-12-23(17-27(26)45-6-2)30-24(34(42)43-4)18-37-35-38(30)32(39)29(48-35)16-21-14-25(36)31(28(15-21)46-7-3)47-19-20-8-10-22(11-9-20)33(40)41/h8-18,30H,5-7,19H2,1-4H3,(H,40,41)/b29-16-/t30-/m1/s1. The summed E-state index contributed by atoms with van der Waals surface area (Å²) in [4.78, 5) is 43.0. The lowest BCUT2D eigenvalue weighted by Gasteiger charge is -2.23. The van der Waals surface area contributed by atoms with E-state index in [1.165, 1.54) is 41.3 Å². The molecule has 0 aliphatic carbocycles. The fraction of sp³-hybridized carbons (Fsp3) is 0.257. The summed E-state index contributed by atoms with van der Waals surface area (Å²) >= 11 is 4.78. The Balaban J connectivity index is 1.54. The number of aromatic carboxylic acids is 1. The number of carbonyl (C=O) groups excluding carboxylic acids is 1. The Morgan fingerprint density at radius 1 is 0.938 bits per heavy atom. The molecule has 1 atom stereocenters. The van der Waals surface area contributed by atoms with Crippen LogP contribution in [0.4, 0.5) is 0 Å². The van der Waals surface area contributed by atoms with E-state index >= 15 is 0 Å². The first-order chi connectivity index (χ1) is 23.2. The Kier molecular flexibility index (Phi) is 11.0. The Morgan fingerprint density at radius 2 is 1.62 bits per heavy atom. The number of ether oxygens (including phenoxy) is 5. The highest BCUT2D eigenvalue weighted by Crippen LogP contribution is 2.38. The van der Waals surface area contributed by atoms with Crippen molar-refractivity contribution in [2.45, 2.75) is 33.4 Å². The van der Waals surface area contributed by atoms with Gasteiger partial charge in [-0.15, -0.1) is 0 Å². The van der Waals surface area contributed by atoms with Gasteiger partial charge in [-0.05, 0) is 95.9 Å². The number of thiazole rings is 1. The maximum atomic E-state index is 14.1. The minimum Gasteiger partial charge on any atom is -0.490 e. The average molecular weight is 738 g/mol. The zero-order valence-corrected chi connectivity index (χ0v) is 29.1. The van der Waals surface area contributed by atoms with Crippen molar-refractivity contribution in [3.05, 3.63) is 113 Å². The second-order valence-electron chi connectivity index (χ2n) is 10.3. The minimum absolute atomic E-state index is 0.176. The SMILES string of the molecule is CCOc1ccc([C@@H]2C(C(=O)OC)=CN=c3s/c(=C\c4cc(Br)c(OCc5ccc(C(=O)O)cc5)c(OCC)c4)c(=O)n32)cc1OCC. The third-order valence-electron chi connectivity index (χ3n) is 7.22. The van der Waals surface area contributed by atoms with Crippen molar-refractivity contribution < 1.29 is 38.4 Å². The smallest absolute Gasteiger partial charge is 0.337 e. The highest BCUT2D eigenvalue weighted by Gasteiger charge is 2.31. The van der Waals surface area contributed by atoms with Gasteiger partial charge in [0.1, 0.15) is 6.61 Å². The molecule has 11 nitrogen and oxygen atoms in total. The molecule has 0 saturated heterocycles. The zero-order valence-electron chi connectivity index (χ0n) is 26.7. The summed E-state index contributed by atoms with van der Waals surface area (Å²) < 4.78 is 31.1. The van der Waals surface area contributed by atoms with Crippen LogP contribution in [0.5, 0.6) is 23.0 Å². The van der Waals surface area contributed by atoms with E-state index in [0.29, 0.717) is 67.8 Å². The number of carboxylic acid groups (broad SMARTS) is 1. The lowest BCUT2D eigenvalue weighted by molar-refractivity contribution is -0.136. The summed E-state index contributed by atoms with van der Waals surface area (Å²) in [5.74, 6) is 0.353. The number of aromatic nitrogens is 1. The summed E-state index contributed by atoms with van der Waals surface area (Å²) in [5, 5.41) is 9.16. The summed E-state index contributed by atoms with van der Waals surface area (Å²) in [6.45, 7) is 6.97. The van der Waals surface area contributed by atoms with Crippen molar-refractivity contribution in [3.8, 4) is 23.0 Å². The van der Waals surface area contributed by atoms with Crippen LogP contribution >= 0.6 is 27.3 Å². The molecule has 48 heavy (non-hydrogen) atoms. The Morgan fingerprint density at radius 3 is 2.29 bits per heavy atom. The van der Waals surface area contributed by atoms with Crippen LogP contribution in [0.15, 0.2) is 80.6 Å². The van der Waals surface area contributed by atoms with Gasteiger partial charge in [-0.3, -0.25) is 9.36 Å². The van der Waals surface area contributed by atoms with Gasteiger partial charge in [0.2, 0.25) is 0 Å². The van der Waals surface area contributed by atoms with Crippen LogP contribution < -0.4 is 33.8 Å². The average Bonchev–Trinajstić information content (AvgIpc) is 3.39. The van der Waals surface area contributed by atoms with Crippen molar-refractivity contribution in [1.82, 2.24) is 4.57 Å². The van der Waals surface area contributed by atoms with E-state index in [4.69, 9.17) is 28.8 Å². The number of rotatable bonds is 13. The van der Waals surface area contributed by atoms with Crippen LogP contribution in [0.25, 0.3) is 6.08 Å². The molecule has 13 heteroatoms. The summed E-state index contributed by atoms with van der Waals surface area (Å²) in [6.07, 6.45) is 3.17. The van der Waals surface area contributed by atoms with E-state index < -0.39 is 18.0 Å². The van der Waals surface area contributed by atoms with Crippen molar-refractivity contribution in [2.75, 3.05) is 26.9 Å². The van der Waals surface area contributed by atoms with Gasteiger partial charge in [0.25, 0.3) is 5.56 Å². The van der Waals surface area contributed by atoms with Crippen LogP contribution in [0.3, 0.4) is 0 Å². The van der Waals surface area contributed by atoms with Crippen LogP contribution in [0.1, 0.15) is 53.9 Å². The summed E-state index contributed by atoms with van der Waals surface area (Å²) in [7, 11) is 1.28. The number of halogens is 1. The van der Waals surface area contributed by atoms with E-state index in [-0.39, 0.29) is 23.3 Å². The molecule has 0 unspecified atom stereocenters. The lowest BCUT2D eigenvalue weighted by Crippen LogP contribution is -2.39. The summed E-state index contributed by atoms with van der Waals surface area (Å²) in [5.41, 5.74) is 2.11. The van der Waals surface area contributed by atoms with Crippen LogP contribution in [0, 0.1) is 0 Å². The third kappa shape index (κ3) is 7.32. The monoisotopic (exact) mass is 736 g/mol. The molecule has 0 saturated carbocycles. The van der Waals surface area contributed by atoms with Crippen LogP contribution in [-0.4, -0.2) is 48.5 Å². The number of benzene rings is 3. The fourth-order valence-corrected chi connectivity index (χ4v) is 6.66. The predicted molar refractivity (Wildman–Crippen MR) is 183 cm³/mol. The number of hydrogen-bond acceptors (Lipinski definition) is 10. The molecule has 2 heterocycles. The van der Waals surface area contributed by atoms with Gasteiger partial charge >= 0.3 is 11.9 Å². The molecule has 0 radical (unpaired) electrons. The topological polar surface area (TPSA) is 135 Å². The predicted octanol–water partition coefficient (Wildman–Crippen LogP) is 5.25. The van der Waals surface area contributed by atoms with Crippen molar-refractivity contribution in [1.29, 1.82) is 0 Å². The van der Waals surface area contributed by atoms with Gasteiger partial charge in [0, 0.05) is 6.20 Å². The van der Waals surface area contributed by atoms with Crippen LogP contribution in [-0.2, 0) is 16.1 Å². The van der Waals surface area contributed by atoms with E-state index in [9.17, 15) is 14.4 Å². The number of nitrogens with zero attached hydrogens (tertiary/aromatic N) is 2. The normalized spacial score (nSPS) is 14.0. The Bertz CT molecular complexity index is 2050. The van der Waals surface area contributed by atoms with Gasteiger partial charge in [0.05, 0.1) is 53.1 Å². The number of carbonyl (C=O) groups is 2. The van der Waals surface area contributed by atoms with Crippen LogP contribution in [0.2, 0.25) is 0 Å². The molecule has 1 aliphatic rings. The molecule has 3 aromatic carbocycles. The molecular weight excluding hydrogens is 704 g/mol. The number of esters is 1. The van der Waals surface area contributed by atoms with E-state index in [1.54, 1.807) is 42.5 Å². The first-order valence-electron chi connectivity index (χ1n) is 15.1. The maximum Gasteiger partial charge on any atom is 0.337 e. The van der Waals surface area contributed by atoms with Gasteiger partial charge in [-0.2, -0.15) is 0 Å². The lowest BCUT2D eigenvalue weighted by atomic mass is 9.97. The highest BCUT2D eigenvalue weighted by atomic mass is 79.9. The number of carboxylic acids is 1. The van der Waals surface area contributed by atoms with Crippen molar-refractivity contribution >= 4 is 45.3 Å². The molecule has 5 rings (SSSR count). The fourth-order valence-electron chi connectivity index (χ4n) is 5.11. The van der Waals surface area contributed by atoms with Gasteiger partial charge in [-0.25, -0.2) is 14.6 Å². The molecule has 250 valence electrons. The molecule has 4 aromatic rings. The quantitative estimate of drug-likeness (QED) is 0.183. The molecule has 1 N–H and O–H groups in total. The van der Waals surface area contributed by atoms with E-state index in [0.717, 1.165) is 5.56 Å². The number of fused-ring (bicyclic) bond motifs is 1. The molecule has 0 fully saturated rings.